The molecule has 0 aliphatic heterocycles. The van der Waals surface area contributed by atoms with Crippen molar-refractivity contribution in [3.63, 3.8) is 0 Å². The molecule has 0 spiro atoms. The number of nitrogens with one attached hydrogen (secondary N) is 1. The summed E-state index contributed by atoms with van der Waals surface area (Å²) in [5.74, 6) is -0.0917. The Balaban J connectivity index is 2.39. The molecule has 1 rings (SSSR count). The lowest BCUT2D eigenvalue weighted by Gasteiger charge is -2.03. The number of hydrogen-bond donors (Lipinski definition) is 1. The quantitative estimate of drug-likeness (QED) is 0.712. The van der Waals surface area contributed by atoms with Crippen molar-refractivity contribution in [2.75, 3.05) is 13.1 Å². The van der Waals surface area contributed by atoms with Gasteiger partial charge < -0.3 is 5.32 Å². The highest BCUT2D eigenvalue weighted by Crippen LogP contribution is 2.10. The zero-order valence-electron chi connectivity index (χ0n) is 8.94. The van der Waals surface area contributed by atoms with Crippen molar-refractivity contribution in [1.82, 2.24) is 5.32 Å². The van der Waals surface area contributed by atoms with Crippen molar-refractivity contribution in [3.8, 4) is 0 Å². The van der Waals surface area contributed by atoms with E-state index >= 15 is 0 Å². The molecule has 0 saturated heterocycles. The molecule has 78 valence electrons. The molecule has 0 heterocycles. The molecule has 0 radical (unpaired) electrons. The SMILES string of the molecule is CCNCCCc1ccc(C)c(F)c1. The van der Waals surface area contributed by atoms with Gasteiger partial charge in [-0.2, -0.15) is 0 Å². The van der Waals surface area contributed by atoms with Crippen molar-refractivity contribution in [2.45, 2.75) is 26.7 Å². The van der Waals surface area contributed by atoms with E-state index in [1.54, 1.807) is 13.0 Å². The van der Waals surface area contributed by atoms with Crippen molar-refractivity contribution in [2.24, 2.45) is 0 Å². The maximum absolute atomic E-state index is 13.1. The number of benzene rings is 1. The highest BCUT2D eigenvalue weighted by Gasteiger charge is 1.98. The molecule has 0 fully saturated rings. The third-order valence-electron chi connectivity index (χ3n) is 2.31. The third-order valence-corrected chi connectivity index (χ3v) is 2.31. The van der Waals surface area contributed by atoms with Crippen LogP contribution in [0, 0.1) is 12.7 Å². The van der Waals surface area contributed by atoms with Gasteiger partial charge in [0.1, 0.15) is 5.82 Å². The van der Waals surface area contributed by atoms with Crippen LogP contribution in [-0.4, -0.2) is 13.1 Å². The van der Waals surface area contributed by atoms with Crippen LogP contribution in [0.2, 0.25) is 0 Å². The number of aryl methyl sites for hydroxylation is 2. The van der Waals surface area contributed by atoms with Crippen LogP contribution in [-0.2, 0) is 6.42 Å². The molecule has 1 N–H and O–H groups in total. The molecule has 1 aromatic carbocycles. The molecule has 0 aromatic heterocycles. The Labute approximate surface area is 85.3 Å². The molecule has 1 aromatic rings. The van der Waals surface area contributed by atoms with Crippen molar-refractivity contribution >= 4 is 0 Å². The van der Waals surface area contributed by atoms with Gasteiger partial charge in [-0.1, -0.05) is 19.1 Å². The largest absolute Gasteiger partial charge is 0.317 e. The summed E-state index contributed by atoms with van der Waals surface area (Å²) in [5.41, 5.74) is 1.81. The van der Waals surface area contributed by atoms with Crippen LogP contribution in [0.4, 0.5) is 4.39 Å². The minimum Gasteiger partial charge on any atom is -0.317 e. The Hall–Kier alpha value is -0.890. The van der Waals surface area contributed by atoms with Gasteiger partial charge in [-0.25, -0.2) is 4.39 Å². The Bertz CT molecular complexity index is 284. The second-order valence-electron chi connectivity index (χ2n) is 3.54. The highest BCUT2D eigenvalue weighted by molar-refractivity contribution is 5.23. The second-order valence-corrected chi connectivity index (χ2v) is 3.54. The zero-order valence-corrected chi connectivity index (χ0v) is 8.94. The normalized spacial score (nSPS) is 10.5. The Kier molecular flexibility index (Phi) is 4.60. The van der Waals surface area contributed by atoms with Gasteiger partial charge in [-0.3, -0.25) is 0 Å². The van der Waals surface area contributed by atoms with Crippen LogP contribution in [0.5, 0.6) is 0 Å². The Morgan fingerprint density at radius 2 is 2.14 bits per heavy atom. The first-order valence-electron chi connectivity index (χ1n) is 5.19. The van der Waals surface area contributed by atoms with Gasteiger partial charge >= 0.3 is 0 Å². The number of halogens is 1. The van der Waals surface area contributed by atoms with Crippen molar-refractivity contribution < 1.29 is 4.39 Å². The van der Waals surface area contributed by atoms with Gasteiger partial charge in [0.05, 0.1) is 0 Å². The fraction of sp³-hybridized carbons (Fsp3) is 0.500. The first kappa shape index (κ1) is 11.2. The minimum absolute atomic E-state index is 0.0917. The fourth-order valence-electron chi connectivity index (χ4n) is 1.39. The average Bonchev–Trinajstić information content (AvgIpc) is 2.18. The van der Waals surface area contributed by atoms with Crippen LogP contribution >= 0.6 is 0 Å². The van der Waals surface area contributed by atoms with Gasteiger partial charge in [0.2, 0.25) is 0 Å². The molecule has 0 aliphatic carbocycles. The van der Waals surface area contributed by atoms with Crippen molar-refractivity contribution in [1.29, 1.82) is 0 Å². The van der Waals surface area contributed by atoms with Gasteiger partial charge in [0, 0.05) is 0 Å². The maximum atomic E-state index is 13.1. The molecule has 2 heteroatoms. The van der Waals surface area contributed by atoms with E-state index in [1.807, 2.05) is 12.1 Å². The van der Waals surface area contributed by atoms with Gasteiger partial charge in [0.15, 0.2) is 0 Å². The molecule has 1 nitrogen and oxygen atoms in total. The summed E-state index contributed by atoms with van der Waals surface area (Å²) in [6, 6.07) is 5.49. The molecule has 0 saturated carbocycles. The molecule has 0 aliphatic rings. The first-order chi connectivity index (χ1) is 6.74. The standard InChI is InChI=1S/C12H18FN/c1-3-14-8-4-5-11-7-6-10(2)12(13)9-11/h6-7,9,14H,3-5,8H2,1-2H3. The van der Waals surface area contributed by atoms with Gasteiger partial charge in [0.25, 0.3) is 0 Å². The molecule has 14 heavy (non-hydrogen) atoms. The molecule has 0 bridgehead atoms. The lowest BCUT2D eigenvalue weighted by atomic mass is 10.1. The van der Waals surface area contributed by atoms with E-state index in [0.29, 0.717) is 0 Å². The van der Waals surface area contributed by atoms with Crippen molar-refractivity contribution in [3.05, 3.63) is 35.1 Å². The van der Waals surface area contributed by atoms with Gasteiger partial charge in [-0.05, 0) is 50.0 Å². The summed E-state index contributed by atoms with van der Waals surface area (Å²) in [6.45, 7) is 5.89. The number of hydrogen-bond acceptors (Lipinski definition) is 1. The summed E-state index contributed by atoms with van der Waals surface area (Å²) < 4.78 is 13.1. The van der Waals surface area contributed by atoms with E-state index in [4.69, 9.17) is 0 Å². The smallest absolute Gasteiger partial charge is 0.126 e. The van der Waals surface area contributed by atoms with E-state index < -0.39 is 0 Å². The van der Waals surface area contributed by atoms with E-state index in [1.165, 1.54) is 0 Å². The van der Waals surface area contributed by atoms with Crippen LogP contribution in [0.25, 0.3) is 0 Å². The molecular weight excluding hydrogens is 177 g/mol. The molecule has 0 atom stereocenters. The molecular formula is C12H18FN. The average molecular weight is 195 g/mol. The predicted molar refractivity (Wildman–Crippen MR) is 58.0 cm³/mol. The van der Waals surface area contributed by atoms with E-state index in [2.05, 4.69) is 12.2 Å². The highest BCUT2D eigenvalue weighted by atomic mass is 19.1. The summed E-state index contributed by atoms with van der Waals surface area (Å²) in [4.78, 5) is 0. The molecule has 0 amide bonds. The third kappa shape index (κ3) is 3.46. The lowest BCUT2D eigenvalue weighted by Crippen LogP contribution is -2.14. The maximum Gasteiger partial charge on any atom is 0.126 e. The first-order valence-corrected chi connectivity index (χ1v) is 5.19. The minimum atomic E-state index is -0.0917. The van der Waals surface area contributed by atoms with E-state index in [9.17, 15) is 4.39 Å². The van der Waals surface area contributed by atoms with Crippen LogP contribution < -0.4 is 5.32 Å². The predicted octanol–water partition coefficient (Wildman–Crippen LogP) is 2.68. The second kappa shape index (κ2) is 5.76. The van der Waals surface area contributed by atoms with Crippen LogP contribution in [0.3, 0.4) is 0 Å². The fourth-order valence-corrected chi connectivity index (χ4v) is 1.39. The summed E-state index contributed by atoms with van der Waals surface area (Å²) in [7, 11) is 0. The Morgan fingerprint density at radius 3 is 2.79 bits per heavy atom. The topological polar surface area (TPSA) is 12.0 Å². The van der Waals surface area contributed by atoms with E-state index in [-0.39, 0.29) is 5.82 Å². The Morgan fingerprint density at radius 1 is 1.36 bits per heavy atom. The van der Waals surface area contributed by atoms with Crippen LogP contribution in [0.15, 0.2) is 18.2 Å². The lowest BCUT2D eigenvalue weighted by molar-refractivity contribution is 0.613. The van der Waals surface area contributed by atoms with Crippen LogP contribution in [0.1, 0.15) is 24.5 Å². The zero-order chi connectivity index (χ0) is 10.4. The van der Waals surface area contributed by atoms with Gasteiger partial charge in [-0.15, -0.1) is 0 Å². The summed E-state index contributed by atoms with van der Waals surface area (Å²) >= 11 is 0. The number of rotatable bonds is 5. The molecule has 0 unspecified atom stereocenters. The monoisotopic (exact) mass is 195 g/mol. The summed E-state index contributed by atoms with van der Waals surface area (Å²) in [6.07, 6.45) is 2.01. The summed E-state index contributed by atoms with van der Waals surface area (Å²) in [5, 5.41) is 3.25. The van der Waals surface area contributed by atoms with E-state index in [0.717, 1.165) is 37.1 Å².